The number of para-hydroxylation sites is 2. The van der Waals surface area contributed by atoms with Crippen LogP contribution >= 0.6 is 11.8 Å². The summed E-state index contributed by atoms with van der Waals surface area (Å²) < 4.78 is 0. The predicted octanol–water partition coefficient (Wildman–Crippen LogP) is 1.69. The number of rotatable bonds is 14. The molecular weight excluding hydrogens is 544 g/mol. The number of aromatic amines is 2. The minimum Gasteiger partial charge on any atom is -0.480 e. The highest BCUT2D eigenvalue weighted by atomic mass is 32.2. The fourth-order valence-corrected chi connectivity index (χ4v) is 5.22. The SMILES string of the molecule is CSCCC(NC(=O)C(Cc1c[nH]c2ccccc12)NC(=O)CN)C(=O)NC(Cc1c[nH]c2ccccc12)C(=O)O. The molecule has 2 aromatic heterocycles. The van der Waals surface area contributed by atoms with Crippen LogP contribution in [0.15, 0.2) is 60.9 Å². The van der Waals surface area contributed by atoms with Gasteiger partial charge in [0.05, 0.1) is 6.54 Å². The van der Waals surface area contributed by atoms with E-state index < -0.39 is 41.8 Å². The summed E-state index contributed by atoms with van der Waals surface area (Å²) in [6.45, 7) is -0.303. The number of nitrogens with one attached hydrogen (secondary N) is 5. The van der Waals surface area contributed by atoms with Crippen molar-refractivity contribution in [1.29, 1.82) is 0 Å². The largest absolute Gasteiger partial charge is 0.480 e. The molecule has 2 aromatic carbocycles. The molecule has 8 N–H and O–H groups in total. The second kappa shape index (κ2) is 13.9. The van der Waals surface area contributed by atoms with Crippen molar-refractivity contribution >= 4 is 57.3 Å². The summed E-state index contributed by atoms with van der Waals surface area (Å²) >= 11 is 1.49. The lowest BCUT2D eigenvalue weighted by atomic mass is 10.0. The molecule has 0 saturated heterocycles. The minimum atomic E-state index is -1.21. The first kappa shape index (κ1) is 29.7. The van der Waals surface area contributed by atoms with Gasteiger partial charge in [-0.3, -0.25) is 14.4 Å². The Kier molecular flexibility index (Phi) is 10.0. The molecule has 41 heavy (non-hydrogen) atoms. The van der Waals surface area contributed by atoms with Crippen molar-refractivity contribution in [1.82, 2.24) is 25.9 Å². The van der Waals surface area contributed by atoms with E-state index in [1.807, 2.05) is 54.8 Å². The average Bonchev–Trinajstić information content (AvgIpc) is 3.58. The Morgan fingerprint density at radius 1 is 0.805 bits per heavy atom. The Labute approximate surface area is 241 Å². The number of benzene rings is 2. The molecule has 4 aromatic rings. The summed E-state index contributed by atoms with van der Waals surface area (Å²) in [4.78, 5) is 57.4. The number of nitrogens with two attached hydrogens (primary N) is 1. The summed E-state index contributed by atoms with van der Waals surface area (Å²) in [5, 5.41) is 19.7. The maximum atomic E-state index is 13.5. The van der Waals surface area contributed by atoms with Gasteiger partial charge in [0.2, 0.25) is 17.7 Å². The van der Waals surface area contributed by atoms with E-state index in [0.29, 0.717) is 5.75 Å². The number of amides is 3. The van der Waals surface area contributed by atoms with Gasteiger partial charge < -0.3 is 36.8 Å². The van der Waals surface area contributed by atoms with E-state index in [0.717, 1.165) is 32.9 Å². The predicted molar refractivity (Wildman–Crippen MR) is 159 cm³/mol. The zero-order chi connectivity index (χ0) is 29.4. The van der Waals surface area contributed by atoms with Crippen LogP contribution in [-0.2, 0) is 32.0 Å². The quantitative estimate of drug-likeness (QED) is 0.119. The number of carboxylic acids is 1. The number of carbonyl (C=O) groups excluding carboxylic acids is 3. The van der Waals surface area contributed by atoms with Crippen LogP contribution in [0.3, 0.4) is 0 Å². The average molecular weight is 579 g/mol. The molecule has 0 aliphatic rings. The fraction of sp³-hybridized carbons (Fsp3) is 0.310. The van der Waals surface area contributed by atoms with Crippen molar-refractivity contribution in [3.8, 4) is 0 Å². The molecule has 0 radical (unpaired) electrons. The molecule has 0 aliphatic heterocycles. The van der Waals surface area contributed by atoms with Gasteiger partial charge >= 0.3 is 5.97 Å². The highest BCUT2D eigenvalue weighted by Gasteiger charge is 2.30. The van der Waals surface area contributed by atoms with Gasteiger partial charge in [-0.05, 0) is 41.7 Å². The highest BCUT2D eigenvalue weighted by Crippen LogP contribution is 2.20. The molecule has 216 valence electrons. The zero-order valence-corrected chi connectivity index (χ0v) is 23.4. The first-order valence-electron chi connectivity index (χ1n) is 13.2. The third kappa shape index (κ3) is 7.47. The van der Waals surface area contributed by atoms with Crippen molar-refractivity contribution in [2.75, 3.05) is 18.6 Å². The van der Waals surface area contributed by atoms with E-state index in [4.69, 9.17) is 5.73 Å². The van der Waals surface area contributed by atoms with Crippen molar-refractivity contribution in [3.63, 3.8) is 0 Å². The van der Waals surface area contributed by atoms with E-state index in [9.17, 15) is 24.3 Å². The van der Waals surface area contributed by atoms with Crippen LogP contribution in [0.1, 0.15) is 17.5 Å². The summed E-state index contributed by atoms with van der Waals surface area (Å²) in [7, 11) is 0. The van der Waals surface area contributed by atoms with Crippen LogP contribution in [0.2, 0.25) is 0 Å². The number of aromatic nitrogens is 2. The monoisotopic (exact) mass is 578 g/mol. The van der Waals surface area contributed by atoms with Gasteiger partial charge in [-0.1, -0.05) is 36.4 Å². The molecule has 3 unspecified atom stereocenters. The van der Waals surface area contributed by atoms with Gasteiger partial charge in [-0.2, -0.15) is 11.8 Å². The molecule has 0 aliphatic carbocycles. The smallest absolute Gasteiger partial charge is 0.326 e. The Balaban J connectivity index is 1.50. The Bertz CT molecular complexity index is 1530. The second-order valence-electron chi connectivity index (χ2n) is 9.69. The molecular formula is C29H34N6O5S. The number of H-pyrrole nitrogens is 2. The Hall–Kier alpha value is -4.29. The van der Waals surface area contributed by atoms with Crippen LogP contribution in [0, 0.1) is 0 Å². The number of fused-ring (bicyclic) bond motifs is 2. The van der Waals surface area contributed by atoms with Crippen LogP contribution in [0.4, 0.5) is 0 Å². The Morgan fingerprint density at radius 2 is 1.32 bits per heavy atom. The fourth-order valence-electron chi connectivity index (χ4n) is 4.75. The summed E-state index contributed by atoms with van der Waals surface area (Å²) in [5.41, 5.74) is 8.81. The number of aliphatic carboxylic acids is 1. The van der Waals surface area contributed by atoms with E-state index in [2.05, 4.69) is 25.9 Å². The minimum absolute atomic E-state index is 0.0596. The molecule has 0 saturated carbocycles. The molecule has 11 nitrogen and oxygen atoms in total. The van der Waals surface area contributed by atoms with Gasteiger partial charge in [0.25, 0.3) is 0 Å². The summed E-state index contributed by atoms with van der Waals surface area (Å²) in [6, 6.07) is 11.9. The van der Waals surface area contributed by atoms with Crippen LogP contribution in [-0.4, -0.2) is 75.4 Å². The van der Waals surface area contributed by atoms with Crippen LogP contribution in [0.25, 0.3) is 21.8 Å². The molecule has 12 heteroatoms. The third-order valence-electron chi connectivity index (χ3n) is 6.89. The van der Waals surface area contributed by atoms with Gasteiger partial charge in [0.15, 0.2) is 0 Å². The lowest BCUT2D eigenvalue weighted by Crippen LogP contribution is -2.57. The normalized spacial score (nSPS) is 13.4. The summed E-state index contributed by atoms with van der Waals surface area (Å²) in [6.07, 6.45) is 5.87. The second-order valence-corrected chi connectivity index (χ2v) is 10.7. The lowest BCUT2D eigenvalue weighted by molar-refractivity contribution is -0.142. The van der Waals surface area contributed by atoms with Gasteiger partial charge in [-0.25, -0.2) is 4.79 Å². The standard InChI is InChI=1S/C29H34N6O5S/c1-41-11-10-23(27(37)35-25(29(39)40)13-18-16-32-22-9-5-3-7-20(18)22)34-28(38)24(33-26(36)14-30)12-17-15-31-21-8-4-2-6-19(17)21/h2-9,15-16,23-25,31-32H,10-14,30H2,1H3,(H,33,36)(H,34,38)(H,35,37)(H,39,40). The lowest BCUT2D eigenvalue weighted by Gasteiger charge is -2.24. The number of hydrogen-bond acceptors (Lipinski definition) is 6. The number of carboxylic acid groups (broad SMARTS) is 1. The van der Waals surface area contributed by atoms with Crippen molar-refractivity contribution in [3.05, 3.63) is 72.1 Å². The van der Waals surface area contributed by atoms with Crippen LogP contribution in [0.5, 0.6) is 0 Å². The van der Waals surface area contributed by atoms with Crippen molar-refractivity contribution in [2.24, 2.45) is 5.73 Å². The number of carbonyl (C=O) groups is 4. The molecule has 3 atom stereocenters. The molecule has 3 amide bonds. The topological polar surface area (TPSA) is 182 Å². The molecule has 0 bridgehead atoms. The first-order chi connectivity index (χ1) is 19.8. The van der Waals surface area contributed by atoms with Crippen molar-refractivity contribution < 1.29 is 24.3 Å². The van der Waals surface area contributed by atoms with E-state index in [1.54, 1.807) is 12.4 Å². The maximum absolute atomic E-state index is 13.5. The highest BCUT2D eigenvalue weighted by molar-refractivity contribution is 7.98. The van der Waals surface area contributed by atoms with E-state index in [-0.39, 0.29) is 25.8 Å². The molecule has 2 heterocycles. The van der Waals surface area contributed by atoms with Gasteiger partial charge in [0, 0.05) is 47.0 Å². The zero-order valence-electron chi connectivity index (χ0n) is 22.6. The first-order valence-corrected chi connectivity index (χ1v) is 14.6. The maximum Gasteiger partial charge on any atom is 0.326 e. The Morgan fingerprint density at radius 3 is 1.85 bits per heavy atom. The summed E-state index contributed by atoms with van der Waals surface area (Å²) in [5.74, 6) is -2.34. The van der Waals surface area contributed by atoms with Gasteiger partial charge in [-0.15, -0.1) is 0 Å². The number of hydrogen-bond donors (Lipinski definition) is 7. The van der Waals surface area contributed by atoms with Crippen molar-refractivity contribution in [2.45, 2.75) is 37.4 Å². The third-order valence-corrected chi connectivity index (χ3v) is 7.54. The van der Waals surface area contributed by atoms with E-state index in [1.165, 1.54) is 11.8 Å². The van der Waals surface area contributed by atoms with E-state index >= 15 is 0 Å². The molecule has 4 rings (SSSR count). The molecule has 0 fully saturated rings. The van der Waals surface area contributed by atoms with Gasteiger partial charge in [0.1, 0.15) is 18.1 Å². The van der Waals surface area contributed by atoms with Crippen LogP contribution < -0.4 is 21.7 Å². The number of thioether (sulfide) groups is 1. The molecule has 0 spiro atoms.